The van der Waals surface area contributed by atoms with Crippen molar-refractivity contribution in [2.24, 2.45) is 5.92 Å². The van der Waals surface area contributed by atoms with Gasteiger partial charge in [0.2, 0.25) is 0 Å². The molecule has 4 heteroatoms. The van der Waals surface area contributed by atoms with Gasteiger partial charge in [0, 0.05) is 26.5 Å². The lowest BCUT2D eigenvalue weighted by Crippen LogP contribution is -2.29. The average molecular weight is 253 g/mol. The van der Waals surface area contributed by atoms with Gasteiger partial charge in [-0.25, -0.2) is 0 Å². The second-order valence-electron chi connectivity index (χ2n) is 4.75. The fraction of sp³-hybridized carbons (Fsp3) is 0.786. The minimum absolute atomic E-state index is 0.394. The maximum Gasteiger partial charge on any atom is 0.0556 e. The van der Waals surface area contributed by atoms with Gasteiger partial charge < -0.3 is 10.1 Å². The van der Waals surface area contributed by atoms with Crippen molar-refractivity contribution in [1.29, 1.82) is 0 Å². The molecule has 1 N–H and O–H groups in total. The van der Waals surface area contributed by atoms with Gasteiger partial charge in [0.05, 0.1) is 11.7 Å². The third-order valence-corrected chi connectivity index (χ3v) is 3.42. The number of aromatic nitrogens is 2. The summed E-state index contributed by atoms with van der Waals surface area (Å²) in [6.45, 7) is 9.38. The topological polar surface area (TPSA) is 39.1 Å². The maximum atomic E-state index is 5.10. The summed E-state index contributed by atoms with van der Waals surface area (Å²) in [5.74, 6) is 0.614. The molecule has 0 fully saturated rings. The first-order valence-corrected chi connectivity index (χ1v) is 6.98. The Morgan fingerprint density at radius 2 is 2.22 bits per heavy atom. The summed E-state index contributed by atoms with van der Waals surface area (Å²) in [6, 6.07) is 2.52. The number of rotatable bonds is 9. The number of nitrogens with zero attached hydrogens (tertiary/aromatic N) is 2. The van der Waals surface area contributed by atoms with Crippen LogP contribution in [0.1, 0.15) is 45.3 Å². The first-order chi connectivity index (χ1) is 8.74. The zero-order valence-electron chi connectivity index (χ0n) is 12.1. The zero-order valence-corrected chi connectivity index (χ0v) is 12.1. The fourth-order valence-electron chi connectivity index (χ4n) is 2.21. The third-order valence-electron chi connectivity index (χ3n) is 3.42. The molecule has 4 nitrogen and oxygen atoms in total. The molecule has 0 saturated carbocycles. The molecule has 0 bridgehead atoms. The van der Waals surface area contributed by atoms with Gasteiger partial charge in [0.15, 0.2) is 0 Å². The summed E-state index contributed by atoms with van der Waals surface area (Å²) in [4.78, 5) is 0. The normalized spacial score (nSPS) is 14.7. The van der Waals surface area contributed by atoms with Crippen LogP contribution in [0.5, 0.6) is 0 Å². The van der Waals surface area contributed by atoms with E-state index in [1.54, 1.807) is 7.11 Å². The highest BCUT2D eigenvalue weighted by atomic mass is 16.5. The van der Waals surface area contributed by atoms with E-state index < -0.39 is 0 Å². The first-order valence-electron chi connectivity index (χ1n) is 6.98. The minimum Gasteiger partial charge on any atom is -0.385 e. The molecule has 1 aromatic rings. The molecule has 0 aromatic carbocycles. The number of methoxy groups -OCH3 is 1. The second kappa shape index (κ2) is 8.27. The van der Waals surface area contributed by atoms with Crippen molar-refractivity contribution in [1.82, 2.24) is 15.1 Å². The molecule has 0 aliphatic heterocycles. The second-order valence-corrected chi connectivity index (χ2v) is 4.75. The summed E-state index contributed by atoms with van der Waals surface area (Å²) >= 11 is 0. The van der Waals surface area contributed by atoms with Gasteiger partial charge >= 0.3 is 0 Å². The number of nitrogens with one attached hydrogen (secondary N) is 1. The highest BCUT2D eigenvalue weighted by molar-refractivity contribution is 5.08. The van der Waals surface area contributed by atoms with E-state index in [1.165, 1.54) is 12.1 Å². The van der Waals surface area contributed by atoms with Gasteiger partial charge in [0.1, 0.15) is 0 Å². The van der Waals surface area contributed by atoms with E-state index in [0.717, 1.165) is 26.1 Å². The van der Waals surface area contributed by atoms with Gasteiger partial charge in [-0.15, -0.1) is 0 Å². The van der Waals surface area contributed by atoms with Crippen molar-refractivity contribution in [3.63, 3.8) is 0 Å². The standard InChI is InChI=1S/C14H27N3O/c1-5-12(3)14(15-6-2)13-8-9-16-17(13)10-7-11-18-4/h8-9,12,14-15H,5-7,10-11H2,1-4H3. The third kappa shape index (κ3) is 4.10. The van der Waals surface area contributed by atoms with E-state index in [1.807, 2.05) is 6.20 Å². The minimum atomic E-state index is 0.394. The largest absolute Gasteiger partial charge is 0.385 e. The number of aryl methyl sites for hydroxylation is 1. The van der Waals surface area contributed by atoms with Crippen LogP contribution in [0.3, 0.4) is 0 Å². The zero-order chi connectivity index (χ0) is 13.4. The Bertz CT molecular complexity index is 325. The molecule has 104 valence electrons. The summed E-state index contributed by atoms with van der Waals surface area (Å²) in [5.41, 5.74) is 1.29. The molecule has 0 aliphatic carbocycles. The number of hydrogen-bond acceptors (Lipinski definition) is 3. The molecule has 1 aromatic heterocycles. The lowest BCUT2D eigenvalue weighted by atomic mass is 9.96. The molecule has 18 heavy (non-hydrogen) atoms. The Balaban J connectivity index is 2.74. The van der Waals surface area contributed by atoms with Crippen LogP contribution in [0.2, 0.25) is 0 Å². The molecule has 0 aliphatic rings. The van der Waals surface area contributed by atoms with Crippen LogP contribution in [0, 0.1) is 5.92 Å². The van der Waals surface area contributed by atoms with Crippen LogP contribution in [-0.4, -0.2) is 30.0 Å². The predicted molar refractivity (Wildman–Crippen MR) is 74.6 cm³/mol. The molecule has 0 saturated heterocycles. The molecule has 1 heterocycles. The molecule has 1 rings (SSSR count). The molecular formula is C14H27N3O. The van der Waals surface area contributed by atoms with E-state index in [-0.39, 0.29) is 0 Å². The monoisotopic (exact) mass is 253 g/mol. The van der Waals surface area contributed by atoms with Crippen LogP contribution in [0.15, 0.2) is 12.3 Å². The lowest BCUT2D eigenvalue weighted by molar-refractivity contribution is 0.188. The van der Waals surface area contributed by atoms with Gasteiger partial charge in [0.25, 0.3) is 0 Å². The van der Waals surface area contributed by atoms with Gasteiger partial charge in [-0.3, -0.25) is 4.68 Å². The quantitative estimate of drug-likeness (QED) is 0.688. The van der Waals surface area contributed by atoms with Crippen LogP contribution in [-0.2, 0) is 11.3 Å². The molecule has 2 atom stereocenters. The van der Waals surface area contributed by atoms with E-state index in [2.05, 4.69) is 41.9 Å². The van der Waals surface area contributed by atoms with E-state index in [4.69, 9.17) is 4.74 Å². The SMILES string of the molecule is CCNC(c1ccnn1CCCOC)C(C)CC. The maximum absolute atomic E-state index is 5.10. The summed E-state index contributed by atoms with van der Waals surface area (Å²) < 4.78 is 7.21. The Hall–Kier alpha value is -0.870. The molecule has 0 radical (unpaired) electrons. The van der Waals surface area contributed by atoms with Gasteiger partial charge in [-0.2, -0.15) is 5.10 Å². The summed E-state index contributed by atoms with van der Waals surface area (Å²) in [6.07, 6.45) is 4.07. The molecular weight excluding hydrogens is 226 g/mol. The van der Waals surface area contributed by atoms with E-state index in [9.17, 15) is 0 Å². The average Bonchev–Trinajstić information content (AvgIpc) is 2.83. The molecule has 0 spiro atoms. The van der Waals surface area contributed by atoms with E-state index >= 15 is 0 Å². The summed E-state index contributed by atoms with van der Waals surface area (Å²) in [5, 5.41) is 8.00. The smallest absolute Gasteiger partial charge is 0.0556 e. The first kappa shape index (κ1) is 15.2. The lowest BCUT2D eigenvalue weighted by Gasteiger charge is -2.24. The van der Waals surface area contributed by atoms with Crippen molar-refractivity contribution in [2.75, 3.05) is 20.3 Å². The Morgan fingerprint density at radius 3 is 2.83 bits per heavy atom. The summed E-state index contributed by atoms with van der Waals surface area (Å²) in [7, 11) is 1.74. The number of ether oxygens (including phenoxy) is 1. The highest BCUT2D eigenvalue weighted by Crippen LogP contribution is 2.24. The van der Waals surface area contributed by atoms with Crippen molar-refractivity contribution in [3.05, 3.63) is 18.0 Å². The highest BCUT2D eigenvalue weighted by Gasteiger charge is 2.20. The Kier molecular flexibility index (Phi) is 6.98. The van der Waals surface area contributed by atoms with E-state index in [0.29, 0.717) is 12.0 Å². The Labute approximate surface area is 111 Å². The van der Waals surface area contributed by atoms with Crippen LogP contribution in [0.25, 0.3) is 0 Å². The van der Waals surface area contributed by atoms with Crippen LogP contribution >= 0.6 is 0 Å². The Morgan fingerprint density at radius 1 is 1.44 bits per heavy atom. The van der Waals surface area contributed by atoms with Crippen molar-refractivity contribution in [3.8, 4) is 0 Å². The van der Waals surface area contributed by atoms with Crippen molar-refractivity contribution < 1.29 is 4.74 Å². The molecule has 0 amide bonds. The fourth-order valence-corrected chi connectivity index (χ4v) is 2.21. The molecule has 2 unspecified atom stereocenters. The van der Waals surface area contributed by atoms with Gasteiger partial charge in [-0.1, -0.05) is 27.2 Å². The van der Waals surface area contributed by atoms with Gasteiger partial charge in [-0.05, 0) is 24.9 Å². The van der Waals surface area contributed by atoms with Crippen molar-refractivity contribution in [2.45, 2.75) is 46.2 Å². The van der Waals surface area contributed by atoms with Crippen LogP contribution in [0.4, 0.5) is 0 Å². The van der Waals surface area contributed by atoms with Crippen LogP contribution < -0.4 is 5.32 Å². The van der Waals surface area contributed by atoms with Crippen molar-refractivity contribution >= 4 is 0 Å². The predicted octanol–water partition coefficient (Wildman–Crippen LogP) is 2.62. The number of hydrogen-bond donors (Lipinski definition) is 1.